The van der Waals surface area contributed by atoms with Gasteiger partial charge in [-0.3, -0.25) is 0 Å². The van der Waals surface area contributed by atoms with Crippen LogP contribution >= 0.6 is 11.8 Å². The fraction of sp³-hybridized carbons (Fsp3) is 0.294. The maximum atomic E-state index is 2.47. The minimum atomic E-state index is 0.583. The van der Waals surface area contributed by atoms with Crippen molar-refractivity contribution in [3.05, 3.63) is 48.5 Å². The van der Waals surface area contributed by atoms with Gasteiger partial charge >= 0.3 is 0 Å². The number of rotatable bonds is 3. The Hall–Kier alpha value is -1.45. The summed E-state index contributed by atoms with van der Waals surface area (Å²) in [7, 11) is 4.45. The maximum Gasteiger partial charge on any atom is 0.102 e. The lowest BCUT2D eigenvalue weighted by Crippen LogP contribution is -3.10. The average molecular weight is 285 g/mol. The number of anilines is 2. The summed E-state index contributed by atoms with van der Waals surface area (Å²) in [5.41, 5.74) is 2.67. The van der Waals surface area contributed by atoms with Crippen LogP contribution in [0.1, 0.15) is 6.92 Å². The van der Waals surface area contributed by atoms with Gasteiger partial charge < -0.3 is 9.80 Å². The lowest BCUT2D eigenvalue weighted by atomic mass is 10.2. The molecule has 20 heavy (non-hydrogen) atoms. The Balaban J connectivity index is 2.03. The summed E-state index contributed by atoms with van der Waals surface area (Å²) >= 11 is 1.87. The molecule has 1 heterocycles. The zero-order valence-corrected chi connectivity index (χ0v) is 13.1. The highest BCUT2D eigenvalue weighted by Crippen LogP contribution is 2.47. The quantitative estimate of drug-likeness (QED) is 0.927. The fourth-order valence-electron chi connectivity index (χ4n) is 2.43. The third-order valence-corrected chi connectivity index (χ3v) is 5.10. The number of likely N-dealkylation sites (N-methyl/N-ethyl adjacent to an activating group) is 1. The molecule has 1 aliphatic rings. The van der Waals surface area contributed by atoms with E-state index in [1.165, 1.54) is 26.1 Å². The first-order valence-electron chi connectivity index (χ1n) is 7.10. The Morgan fingerprint density at radius 2 is 1.45 bits per heavy atom. The number of nitrogens with one attached hydrogen (secondary N) is 1. The Morgan fingerprint density at radius 3 is 1.95 bits per heavy atom. The number of hydrogen-bond acceptors (Lipinski definition) is 2. The molecule has 0 saturated heterocycles. The second-order valence-electron chi connectivity index (χ2n) is 5.63. The zero-order valence-electron chi connectivity index (χ0n) is 12.3. The first-order valence-corrected chi connectivity index (χ1v) is 7.92. The summed E-state index contributed by atoms with van der Waals surface area (Å²) in [4.78, 5) is 6.66. The van der Waals surface area contributed by atoms with Gasteiger partial charge in [-0.05, 0) is 31.2 Å². The first-order chi connectivity index (χ1) is 9.66. The monoisotopic (exact) mass is 285 g/mol. The van der Waals surface area contributed by atoms with Crippen molar-refractivity contribution in [2.45, 2.75) is 22.8 Å². The van der Waals surface area contributed by atoms with Gasteiger partial charge in [0.1, 0.15) is 6.04 Å². The summed E-state index contributed by atoms with van der Waals surface area (Å²) < 4.78 is 0. The van der Waals surface area contributed by atoms with E-state index in [9.17, 15) is 0 Å². The van der Waals surface area contributed by atoms with Gasteiger partial charge in [0.05, 0.1) is 32.0 Å². The van der Waals surface area contributed by atoms with E-state index >= 15 is 0 Å². The molecule has 0 radical (unpaired) electrons. The van der Waals surface area contributed by atoms with Gasteiger partial charge in [-0.1, -0.05) is 36.0 Å². The first kappa shape index (κ1) is 13.5. The van der Waals surface area contributed by atoms with E-state index in [2.05, 4.69) is 74.4 Å². The van der Waals surface area contributed by atoms with Crippen LogP contribution < -0.4 is 9.80 Å². The summed E-state index contributed by atoms with van der Waals surface area (Å²) in [6.07, 6.45) is 0. The minimum absolute atomic E-state index is 0.583. The molecule has 0 unspecified atom stereocenters. The standard InChI is InChI=1S/C17H20N2S/c1-13(18(2)3)12-19-14-8-4-6-10-16(14)20-17-11-7-5-9-15(17)19/h4-11,13H,12H2,1-3H3/p+1/t13-/m1/s1. The molecule has 2 aromatic rings. The molecule has 0 aliphatic carbocycles. The Labute approximate surface area is 125 Å². The molecule has 1 N–H and O–H groups in total. The van der Waals surface area contributed by atoms with E-state index in [-0.39, 0.29) is 0 Å². The van der Waals surface area contributed by atoms with E-state index < -0.39 is 0 Å². The Morgan fingerprint density at radius 1 is 0.950 bits per heavy atom. The summed E-state index contributed by atoms with van der Waals surface area (Å²) in [6.45, 7) is 3.35. The number of fused-ring (bicyclic) bond motifs is 2. The number of hydrogen-bond donors (Lipinski definition) is 1. The molecule has 3 rings (SSSR count). The highest BCUT2D eigenvalue weighted by molar-refractivity contribution is 7.99. The van der Waals surface area contributed by atoms with E-state index in [0.717, 1.165) is 6.54 Å². The van der Waals surface area contributed by atoms with Crippen LogP contribution in [0, 0.1) is 0 Å². The van der Waals surface area contributed by atoms with Crippen molar-refractivity contribution in [1.29, 1.82) is 0 Å². The van der Waals surface area contributed by atoms with Crippen LogP contribution in [0.15, 0.2) is 58.3 Å². The van der Waals surface area contributed by atoms with E-state index in [1.807, 2.05) is 11.8 Å². The molecule has 0 spiro atoms. The lowest BCUT2D eigenvalue weighted by molar-refractivity contribution is -0.881. The van der Waals surface area contributed by atoms with Crippen LogP contribution in [-0.2, 0) is 0 Å². The highest BCUT2D eigenvalue weighted by Gasteiger charge is 2.25. The molecule has 0 saturated carbocycles. The molecule has 2 aromatic carbocycles. The van der Waals surface area contributed by atoms with Gasteiger partial charge in [-0.2, -0.15) is 0 Å². The maximum absolute atomic E-state index is 2.47. The second-order valence-corrected chi connectivity index (χ2v) is 6.71. The van der Waals surface area contributed by atoms with Crippen molar-refractivity contribution in [3.8, 4) is 0 Å². The SMILES string of the molecule is C[C@H](CN1c2ccccc2Sc2ccccc21)[NH+](C)C. The normalized spacial score (nSPS) is 14.9. The summed E-state index contributed by atoms with van der Waals surface area (Å²) in [6, 6.07) is 18.0. The number of nitrogens with zero attached hydrogens (tertiary/aromatic N) is 1. The molecular formula is C17H21N2S+. The van der Waals surface area contributed by atoms with Crippen molar-refractivity contribution < 1.29 is 4.90 Å². The van der Waals surface area contributed by atoms with Crippen molar-refractivity contribution in [1.82, 2.24) is 0 Å². The van der Waals surface area contributed by atoms with Crippen LogP contribution in [0.5, 0.6) is 0 Å². The smallest absolute Gasteiger partial charge is 0.102 e. The molecule has 0 amide bonds. The predicted molar refractivity (Wildman–Crippen MR) is 86.3 cm³/mol. The molecule has 0 aromatic heterocycles. The van der Waals surface area contributed by atoms with Gasteiger partial charge in [-0.15, -0.1) is 0 Å². The fourth-order valence-corrected chi connectivity index (χ4v) is 3.53. The minimum Gasteiger partial charge on any atom is -0.336 e. The van der Waals surface area contributed by atoms with Crippen molar-refractivity contribution >= 4 is 23.1 Å². The third-order valence-electron chi connectivity index (χ3n) is 3.97. The van der Waals surface area contributed by atoms with Crippen LogP contribution in [0.3, 0.4) is 0 Å². The molecule has 2 nitrogen and oxygen atoms in total. The Kier molecular flexibility index (Phi) is 3.72. The van der Waals surface area contributed by atoms with Gasteiger partial charge in [0.25, 0.3) is 0 Å². The Bertz CT molecular complexity index is 564. The molecule has 1 atom stereocenters. The molecule has 0 fully saturated rings. The van der Waals surface area contributed by atoms with Gasteiger partial charge in [-0.25, -0.2) is 0 Å². The van der Waals surface area contributed by atoms with E-state index in [0.29, 0.717) is 6.04 Å². The number of benzene rings is 2. The molecule has 104 valence electrons. The van der Waals surface area contributed by atoms with Crippen molar-refractivity contribution in [3.63, 3.8) is 0 Å². The summed E-state index contributed by atoms with van der Waals surface area (Å²) in [5, 5.41) is 0. The van der Waals surface area contributed by atoms with Crippen molar-refractivity contribution in [2.24, 2.45) is 0 Å². The molecule has 1 aliphatic heterocycles. The number of para-hydroxylation sites is 2. The van der Waals surface area contributed by atoms with Gasteiger partial charge in [0.15, 0.2) is 0 Å². The van der Waals surface area contributed by atoms with Crippen LogP contribution in [0.4, 0.5) is 11.4 Å². The van der Waals surface area contributed by atoms with Gasteiger partial charge in [0.2, 0.25) is 0 Å². The predicted octanol–water partition coefficient (Wildman–Crippen LogP) is 2.82. The topological polar surface area (TPSA) is 7.68 Å². The van der Waals surface area contributed by atoms with Crippen LogP contribution in [0.25, 0.3) is 0 Å². The summed E-state index contributed by atoms with van der Waals surface area (Å²) in [5.74, 6) is 0. The molecule has 3 heteroatoms. The van der Waals surface area contributed by atoms with E-state index in [1.54, 1.807) is 0 Å². The zero-order chi connectivity index (χ0) is 14.1. The van der Waals surface area contributed by atoms with Crippen LogP contribution in [0.2, 0.25) is 0 Å². The largest absolute Gasteiger partial charge is 0.336 e. The van der Waals surface area contributed by atoms with Gasteiger partial charge in [0, 0.05) is 9.79 Å². The lowest BCUT2D eigenvalue weighted by Gasteiger charge is -2.34. The average Bonchev–Trinajstić information content (AvgIpc) is 2.46. The molecule has 0 bridgehead atoms. The van der Waals surface area contributed by atoms with Crippen LogP contribution in [-0.4, -0.2) is 26.7 Å². The highest BCUT2D eigenvalue weighted by atomic mass is 32.2. The third kappa shape index (κ3) is 2.43. The second kappa shape index (κ2) is 5.51. The van der Waals surface area contributed by atoms with Crippen molar-refractivity contribution in [2.75, 3.05) is 25.5 Å². The van der Waals surface area contributed by atoms with E-state index in [4.69, 9.17) is 0 Å². The number of quaternary nitrogens is 1. The molecular weight excluding hydrogens is 264 g/mol.